The lowest BCUT2D eigenvalue weighted by atomic mass is 9.75. The van der Waals surface area contributed by atoms with Gasteiger partial charge in [0.15, 0.2) is 18.1 Å². The molecule has 138 valence electrons. The number of likely N-dealkylation sites (tertiary alicyclic amines) is 1. The number of ether oxygens (including phenoxy) is 2. The van der Waals surface area contributed by atoms with Crippen molar-refractivity contribution >= 4 is 12.0 Å². The van der Waals surface area contributed by atoms with Gasteiger partial charge in [-0.05, 0) is 48.4 Å². The number of rotatable bonds is 5. The molecule has 5 nitrogen and oxygen atoms in total. The van der Waals surface area contributed by atoms with Crippen LogP contribution in [0.1, 0.15) is 37.7 Å². The van der Waals surface area contributed by atoms with Gasteiger partial charge >= 0.3 is 0 Å². The Labute approximate surface area is 155 Å². The molecule has 2 fully saturated rings. The Morgan fingerprint density at radius 2 is 2.08 bits per heavy atom. The smallest absolute Gasteiger partial charge is 0.246 e. The minimum absolute atomic E-state index is 0.0266. The molecule has 1 aliphatic heterocycles. The van der Waals surface area contributed by atoms with E-state index in [0.29, 0.717) is 17.4 Å². The van der Waals surface area contributed by atoms with Crippen LogP contribution in [0.15, 0.2) is 24.3 Å². The van der Waals surface area contributed by atoms with E-state index in [-0.39, 0.29) is 12.5 Å². The summed E-state index contributed by atoms with van der Waals surface area (Å²) in [6.07, 6.45) is 9.86. The molecule has 0 spiro atoms. The molecule has 3 rings (SSSR count). The molecule has 1 amide bonds. The maximum atomic E-state index is 12.6. The van der Waals surface area contributed by atoms with Gasteiger partial charge in [0.25, 0.3) is 0 Å². The number of piperidine rings is 1. The molecule has 0 N–H and O–H groups in total. The van der Waals surface area contributed by atoms with Gasteiger partial charge in [0.2, 0.25) is 5.91 Å². The van der Waals surface area contributed by atoms with Crippen LogP contribution in [0.3, 0.4) is 0 Å². The zero-order chi connectivity index (χ0) is 18.4. The van der Waals surface area contributed by atoms with Gasteiger partial charge in [-0.1, -0.05) is 25.3 Å². The van der Waals surface area contributed by atoms with Crippen molar-refractivity contribution in [2.45, 2.75) is 32.1 Å². The molecule has 1 aromatic carbocycles. The summed E-state index contributed by atoms with van der Waals surface area (Å²) in [5.74, 6) is 2.67. The molecule has 1 aliphatic carbocycles. The summed E-state index contributed by atoms with van der Waals surface area (Å²) in [7, 11) is 1.56. The molecule has 26 heavy (non-hydrogen) atoms. The molecule has 0 aromatic heterocycles. The fourth-order valence-electron chi connectivity index (χ4n) is 4.09. The van der Waals surface area contributed by atoms with Gasteiger partial charge in [-0.25, -0.2) is 0 Å². The van der Waals surface area contributed by atoms with E-state index in [1.807, 2.05) is 29.2 Å². The van der Waals surface area contributed by atoms with Crippen LogP contribution in [0.4, 0.5) is 0 Å². The maximum Gasteiger partial charge on any atom is 0.246 e. The molecule has 1 aromatic rings. The standard InChI is InChI=1S/C21H26N2O3/c1-25-20-14-16(6-8-19(20)26-13-11-22)7-9-21(24)23-12-10-17-4-2-3-5-18(17)15-23/h6-9,14,17-18H,2-5,10,12-13,15H2,1H3. The van der Waals surface area contributed by atoms with Crippen LogP contribution >= 0.6 is 0 Å². The van der Waals surface area contributed by atoms with Crippen LogP contribution in [0.25, 0.3) is 6.08 Å². The SMILES string of the molecule is COc1cc(C=CC(=O)N2CCC3CCCCC3C2)ccc1OCC#N. The zero-order valence-corrected chi connectivity index (χ0v) is 15.3. The Bertz CT molecular complexity index is 708. The van der Waals surface area contributed by atoms with E-state index in [0.717, 1.165) is 31.0 Å². The van der Waals surface area contributed by atoms with E-state index in [4.69, 9.17) is 14.7 Å². The fourth-order valence-corrected chi connectivity index (χ4v) is 4.09. The van der Waals surface area contributed by atoms with E-state index < -0.39 is 0 Å². The highest BCUT2D eigenvalue weighted by Crippen LogP contribution is 2.36. The number of methoxy groups -OCH3 is 1. The topological polar surface area (TPSA) is 62.6 Å². The van der Waals surface area contributed by atoms with Crippen molar-refractivity contribution in [2.24, 2.45) is 11.8 Å². The van der Waals surface area contributed by atoms with Crippen molar-refractivity contribution in [1.82, 2.24) is 4.90 Å². The number of fused-ring (bicyclic) bond motifs is 1. The maximum absolute atomic E-state index is 12.6. The van der Waals surface area contributed by atoms with E-state index >= 15 is 0 Å². The van der Waals surface area contributed by atoms with Crippen molar-refractivity contribution in [2.75, 3.05) is 26.8 Å². The van der Waals surface area contributed by atoms with Gasteiger partial charge in [0.1, 0.15) is 6.07 Å². The summed E-state index contributed by atoms with van der Waals surface area (Å²) in [6, 6.07) is 7.36. The highest BCUT2D eigenvalue weighted by Gasteiger charge is 2.32. The number of carbonyl (C=O) groups is 1. The highest BCUT2D eigenvalue weighted by molar-refractivity contribution is 5.92. The Morgan fingerprint density at radius 3 is 2.85 bits per heavy atom. The van der Waals surface area contributed by atoms with Gasteiger partial charge in [-0.15, -0.1) is 0 Å². The lowest BCUT2D eigenvalue weighted by molar-refractivity contribution is -0.128. The molecule has 2 atom stereocenters. The van der Waals surface area contributed by atoms with Gasteiger partial charge in [-0.2, -0.15) is 5.26 Å². The van der Waals surface area contributed by atoms with Gasteiger partial charge < -0.3 is 14.4 Å². The van der Waals surface area contributed by atoms with Crippen molar-refractivity contribution in [1.29, 1.82) is 5.26 Å². The predicted molar refractivity (Wildman–Crippen MR) is 99.8 cm³/mol. The van der Waals surface area contributed by atoms with Crippen LogP contribution in [0.2, 0.25) is 0 Å². The first-order chi connectivity index (χ1) is 12.7. The van der Waals surface area contributed by atoms with E-state index in [2.05, 4.69) is 0 Å². The summed E-state index contributed by atoms with van der Waals surface area (Å²) in [6.45, 7) is 1.74. The molecule has 1 saturated carbocycles. The minimum Gasteiger partial charge on any atom is -0.493 e. The minimum atomic E-state index is -0.0266. The van der Waals surface area contributed by atoms with Crippen LogP contribution in [-0.2, 0) is 4.79 Å². The number of amides is 1. The quantitative estimate of drug-likeness (QED) is 0.757. The van der Waals surface area contributed by atoms with Crippen LogP contribution < -0.4 is 9.47 Å². The monoisotopic (exact) mass is 354 g/mol. The average Bonchev–Trinajstić information content (AvgIpc) is 2.70. The second kappa shape index (κ2) is 8.75. The summed E-state index contributed by atoms with van der Waals surface area (Å²) in [5.41, 5.74) is 0.868. The first-order valence-corrected chi connectivity index (χ1v) is 9.36. The molecule has 2 unspecified atom stereocenters. The Morgan fingerprint density at radius 1 is 1.27 bits per heavy atom. The molecule has 0 radical (unpaired) electrons. The van der Waals surface area contributed by atoms with Gasteiger partial charge in [0.05, 0.1) is 7.11 Å². The third-order valence-electron chi connectivity index (χ3n) is 5.50. The molecule has 1 saturated heterocycles. The molecule has 0 bridgehead atoms. The highest BCUT2D eigenvalue weighted by atomic mass is 16.5. The Hall–Kier alpha value is -2.48. The normalized spacial score (nSPS) is 22.5. The van der Waals surface area contributed by atoms with E-state index in [1.165, 1.54) is 25.7 Å². The molecular weight excluding hydrogens is 328 g/mol. The van der Waals surface area contributed by atoms with E-state index in [9.17, 15) is 4.79 Å². The summed E-state index contributed by atoms with van der Waals surface area (Å²) >= 11 is 0. The summed E-state index contributed by atoms with van der Waals surface area (Å²) in [5, 5.41) is 8.62. The number of nitriles is 1. The number of benzene rings is 1. The second-order valence-corrected chi connectivity index (χ2v) is 7.07. The van der Waals surface area contributed by atoms with Crippen molar-refractivity contribution in [3.8, 4) is 17.6 Å². The molecule has 2 aliphatic rings. The third kappa shape index (κ3) is 4.37. The van der Waals surface area contributed by atoms with Crippen molar-refractivity contribution < 1.29 is 14.3 Å². The number of carbonyl (C=O) groups excluding carboxylic acids is 1. The fraction of sp³-hybridized carbons (Fsp3) is 0.524. The number of hydrogen-bond acceptors (Lipinski definition) is 4. The van der Waals surface area contributed by atoms with Crippen LogP contribution in [-0.4, -0.2) is 37.6 Å². The number of nitrogens with zero attached hydrogens (tertiary/aromatic N) is 2. The lowest BCUT2D eigenvalue weighted by Crippen LogP contribution is -2.44. The Kier molecular flexibility index (Phi) is 6.17. The molecule has 5 heteroatoms. The molecular formula is C21H26N2O3. The summed E-state index contributed by atoms with van der Waals surface area (Å²) < 4.78 is 10.6. The number of hydrogen-bond donors (Lipinski definition) is 0. The average molecular weight is 354 g/mol. The zero-order valence-electron chi connectivity index (χ0n) is 15.3. The first-order valence-electron chi connectivity index (χ1n) is 9.36. The lowest BCUT2D eigenvalue weighted by Gasteiger charge is -2.41. The first kappa shape index (κ1) is 18.3. The van der Waals surface area contributed by atoms with Crippen LogP contribution in [0, 0.1) is 23.2 Å². The van der Waals surface area contributed by atoms with Crippen molar-refractivity contribution in [3.63, 3.8) is 0 Å². The third-order valence-corrected chi connectivity index (χ3v) is 5.50. The van der Waals surface area contributed by atoms with E-state index in [1.54, 1.807) is 19.3 Å². The molecule has 1 heterocycles. The summed E-state index contributed by atoms with van der Waals surface area (Å²) in [4.78, 5) is 14.5. The van der Waals surface area contributed by atoms with Crippen molar-refractivity contribution in [3.05, 3.63) is 29.8 Å². The largest absolute Gasteiger partial charge is 0.493 e. The Balaban J connectivity index is 1.62. The van der Waals surface area contributed by atoms with Crippen LogP contribution in [0.5, 0.6) is 11.5 Å². The van der Waals surface area contributed by atoms with Gasteiger partial charge in [-0.3, -0.25) is 4.79 Å². The van der Waals surface area contributed by atoms with Gasteiger partial charge in [0, 0.05) is 19.2 Å². The second-order valence-electron chi connectivity index (χ2n) is 7.07. The predicted octanol–water partition coefficient (Wildman–Crippen LogP) is 3.65.